The summed E-state index contributed by atoms with van der Waals surface area (Å²) in [6, 6.07) is 3.84. The molecule has 19 heavy (non-hydrogen) atoms. The average Bonchev–Trinajstić information content (AvgIpc) is 2.36. The third-order valence-corrected chi connectivity index (χ3v) is 3.53. The number of nitrogen functional groups attached to an aromatic ring is 1. The average molecular weight is 265 g/mol. The molecule has 1 unspecified atom stereocenters. The Kier molecular flexibility index (Phi) is 4.37. The summed E-state index contributed by atoms with van der Waals surface area (Å²) in [5.41, 5.74) is 6.16. The number of halogens is 1. The number of anilines is 1. The molecule has 104 valence electrons. The normalized spacial score (nSPS) is 20.2. The molecule has 0 saturated carbocycles. The van der Waals surface area contributed by atoms with E-state index in [1.165, 1.54) is 18.2 Å². The zero-order chi connectivity index (χ0) is 13.8. The Bertz CT molecular complexity index is 464. The maximum absolute atomic E-state index is 12.9. The molecule has 0 radical (unpaired) electrons. The van der Waals surface area contributed by atoms with Crippen molar-refractivity contribution in [2.45, 2.75) is 12.8 Å². The van der Waals surface area contributed by atoms with Crippen molar-refractivity contribution in [3.8, 4) is 0 Å². The number of rotatable bonds is 3. The van der Waals surface area contributed by atoms with Crippen molar-refractivity contribution < 1.29 is 9.18 Å². The van der Waals surface area contributed by atoms with Gasteiger partial charge in [-0.2, -0.15) is 0 Å². The Morgan fingerprint density at radius 3 is 3.05 bits per heavy atom. The number of likely N-dealkylation sites (tertiary alicyclic amines) is 1. The summed E-state index contributed by atoms with van der Waals surface area (Å²) < 4.78 is 12.9. The molecule has 5 heteroatoms. The maximum atomic E-state index is 12.9. The van der Waals surface area contributed by atoms with Crippen molar-refractivity contribution >= 4 is 11.6 Å². The summed E-state index contributed by atoms with van der Waals surface area (Å²) in [7, 11) is 2.09. The van der Waals surface area contributed by atoms with E-state index in [0.29, 0.717) is 18.0 Å². The topological polar surface area (TPSA) is 58.4 Å². The number of hydrogen-bond donors (Lipinski definition) is 2. The number of nitrogens with zero attached hydrogens (tertiary/aromatic N) is 1. The number of piperidine rings is 1. The van der Waals surface area contributed by atoms with Crippen LogP contribution in [0.1, 0.15) is 23.2 Å². The Hall–Kier alpha value is -1.62. The molecule has 1 aliphatic heterocycles. The van der Waals surface area contributed by atoms with Crippen molar-refractivity contribution in [2.75, 3.05) is 32.4 Å². The first kappa shape index (κ1) is 13.8. The number of carbonyl (C=O) groups is 1. The molecule has 1 fully saturated rings. The minimum Gasteiger partial charge on any atom is -0.398 e. The van der Waals surface area contributed by atoms with Gasteiger partial charge >= 0.3 is 0 Å². The van der Waals surface area contributed by atoms with Crippen LogP contribution in [0.25, 0.3) is 0 Å². The van der Waals surface area contributed by atoms with E-state index in [1.807, 2.05) is 0 Å². The monoisotopic (exact) mass is 265 g/mol. The number of carbonyl (C=O) groups excluding carboxylic acids is 1. The molecule has 2 rings (SSSR count). The molecule has 1 aromatic rings. The fraction of sp³-hybridized carbons (Fsp3) is 0.500. The van der Waals surface area contributed by atoms with Crippen molar-refractivity contribution in [2.24, 2.45) is 5.92 Å². The van der Waals surface area contributed by atoms with Crippen LogP contribution in [0.15, 0.2) is 18.2 Å². The summed E-state index contributed by atoms with van der Waals surface area (Å²) in [6.07, 6.45) is 2.29. The molecule has 0 bridgehead atoms. The number of nitrogens with two attached hydrogens (primary N) is 1. The molecule has 1 aliphatic rings. The second-order valence-electron chi connectivity index (χ2n) is 5.21. The Morgan fingerprint density at radius 1 is 1.58 bits per heavy atom. The lowest BCUT2D eigenvalue weighted by molar-refractivity contribution is 0.0937. The van der Waals surface area contributed by atoms with Crippen LogP contribution in [-0.4, -0.2) is 37.5 Å². The lowest BCUT2D eigenvalue weighted by Gasteiger charge is -2.29. The van der Waals surface area contributed by atoms with Gasteiger partial charge in [-0.15, -0.1) is 0 Å². The molecule has 1 amide bonds. The van der Waals surface area contributed by atoms with Gasteiger partial charge in [0.15, 0.2) is 0 Å². The standard InChI is InChI=1S/C14H20FN3O/c1-18-6-2-3-10(9-18)8-17-14(19)12-5-4-11(15)7-13(12)16/h4-5,7,10H,2-3,6,8-9,16H2,1H3,(H,17,19). The van der Waals surface area contributed by atoms with Crippen molar-refractivity contribution in [3.63, 3.8) is 0 Å². The van der Waals surface area contributed by atoms with E-state index < -0.39 is 5.82 Å². The van der Waals surface area contributed by atoms with Crippen LogP contribution in [0.5, 0.6) is 0 Å². The highest BCUT2D eigenvalue weighted by molar-refractivity contribution is 5.99. The van der Waals surface area contributed by atoms with Crippen molar-refractivity contribution in [3.05, 3.63) is 29.6 Å². The first-order valence-corrected chi connectivity index (χ1v) is 6.58. The molecule has 3 N–H and O–H groups in total. The van der Waals surface area contributed by atoms with E-state index in [9.17, 15) is 9.18 Å². The molecular formula is C14H20FN3O. The second kappa shape index (κ2) is 6.02. The minimum atomic E-state index is -0.428. The Balaban J connectivity index is 1.90. The van der Waals surface area contributed by atoms with Gasteiger partial charge in [-0.05, 0) is 50.6 Å². The van der Waals surface area contributed by atoms with Crippen molar-refractivity contribution in [1.82, 2.24) is 10.2 Å². The van der Waals surface area contributed by atoms with Gasteiger partial charge in [0.1, 0.15) is 5.82 Å². The number of amides is 1. The highest BCUT2D eigenvalue weighted by Crippen LogP contribution is 2.16. The van der Waals surface area contributed by atoms with Gasteiger partial charge in [0, 0.05) is 18.8 Å². The summed E-state index contributed by atoms with van der Waals surface area (Å²) >= 11 is 0. The van der Waals surface area contributed by atoms with Crippen LogP contribution in [-0.2, 0) is 0 Å². The fourth-order valence-corrected chi connectivity index (χ4v) is 2.51. The van der Waals surface area contributed by atoms with Crippen LogP contribution in [0.3, 0.4) is 0 Å². The van der Waals surface area contributed by atoms with Crippen molar-refractivity contribution in [1.29, 1.82) is 0 Å². The summed E-state index contributed by atoms with van der Waals surface area (Å²) in [5.74, 6) is -0.182. The quantitative estimate of drug-likeness (QED) is 0.814. The molecule has 0 aliphatic carbocycles. The zero-order valence-corrected chi connectivity index (χ0v) is 11.2. The molecule has 0 spiro atoms. The van der Waals surface area contributed by atoms with E-state index in [2.05, 4.69) is 17.3 Å². The van der Waals surface area contributed by atoms with Gasteiger partial charge in [0.2, 0.25) is 0 Å². The summed E-state index contributed by atoms with van der Waals surface area (Å²) in [4.78, 5) is 14.2. The largest absolute Gasteiger partial charge is 0.398 e. The number of nitrogens with one attached hydrogen (secondary N) is 1. The van der Waals surface area contributed by atoms with E-state index in [1.54, 1.807) is 0 Å². The summed E-state index contributed by atoms with van der Waals surface area (Å²) in [5, 5.41) is 2.88. The van der Waals surface area contributed by atoms with Crippen LogP contribution < -0.4 is 11.1 Å². The van der Waals surface area contributed by atoms with Crippen LogP contribution >= 0.6 is 0 Å². The first-order chi connectivity index (χ1) is 9.06. The Morgan fingerprint density at radius 2 is 2.37 bits per heavy atom. The maximum Gasteiger partial charge on any atom is 0.253 e. The highest BCUT2D eigenvalue weighted by Gasteiger charge is 2.18. The second-order valence-corrected chi connectivity index (χ2v) is 5.21. The molecule has 1 aromatic carbocycles. The highest BCUT2D eigenvalue weighted by atomic mass is 19.1. The molecule has 0 aromatic heterocycles. The van der Waals surface area contributed by atoms with Crippen LogP contribution in [0.2, 0.25) is 0 Å². The predicted molar refractivity (Wildman–Crippen MR) is 73.4 cm³/mol. The SMILES string of the molecule is CN1CCCC(CNC(=O)c2ccc(F)cc2N)C1. The number of benzene rings is 1. The molecule has 1 heterocycles. The predicted octanol–water partition coefficient (Wildman–Crippen LogP) is 1.48. The first-order valence-electron chi connectivity index (χ1n) is 6.58. The van der Waals surface area contributed by atoms with E-state index in [-0.39, 0.29) is 11.6 Å². The van der Waals surface area contributed by atoms with Crippen LogP contribution in [0, 0.1) is 11.7 Å². The van der Waals surface area contributed by atoms with Gasteiger partial charge in [-0.25, -0.2) is 4.39 Å². The molecule has 4 nitrogen and oxygen atoms in total. The van der Waals surface area contributed by atoms with Gasteiger partial charge < -0.3 is 16.0 Å². The van der Waals surface area contributed by atoms with Gasteiger partial charge in [-0.1, -0.05) is 0 Å². The molecular weight excluding hydrogens is 245 g/mol. The Labute approximate surface area is 112 Å². The zero-order valence-electron chi connectivity index (χ0n) is 11.2. The van der Waals surface area contributed by atoms with E-state index in [4.69, 9.17) is 5.73 Å². The lowest BCUT2D eigenvalue weighted by Crippen LogP contribution is -2.39. The van der Waals surface area contributed by atoms with Gasteiger partial charge in [-0.3, -0.25) is 4.79 Å². The number of hydrogen-bond acceptors (Lipinski definition) is 3. The minimum absolute atomic E-state index is 0.179. The third kappa shape index (κ3) is 3.67. The van der Waals surface area contributed by atoms with E-state index >= 15 is 0 Å². The molecule has 1 saturated heterocycles. The fourth-order valence-electron chi connectivity index (χ4n) is 2.51. The molecule has 1 atom stereocenters. The lowest BCUT2D eigenvalue weighted by atomic mass is 9.98. The van der Waals surface area contributed by atoms with Crippen LogP contribution in [0.4, 0.5) is 10.1 Å². The van der Waals surface area contributed by atoms with E-state index in [0.717, 1.165) is 25.9 Å². The third-order valence-electron chi connectivity index (χ3n) is 3.53. The van der Waals surface area contributed by atoms with Gasteiger partial charge in [0.05, 0.1) is 5.56 Å². The van der Waals surface area contributed by atoms with Gasteiger partial charge in [0.25, 0.3) is 5.91 Å². The smallest absolute Gasteiger partial charge is 0.253 e. The summed E-state index contributed by atoms with van der Waals surface area (Å²) in [6.45, 7) is 2.76.